The number of allylic oxidation sites excluding steroid dienone is 2. The Labute approximate surface area is 118 Å². The smallest absolute Gasteiger partial charge is 0.228 e. The zero-order chi connectivity index (χ0) is 14.3. The van der Waals surface area contributed by atoms with Crippen molar-refractivity contribution < 1.29 is 13.2 Å². The second-order valence-corrected chi connectivity index (χ2v) is 7.50. The zero-order valence-corrected chi connectivity index (χ0v) is 11.9. The molecule has 2 bridgehead atoms. The summed E-state index contributed by atoms with van der Waals surface area (Å²) in [7, 11) is -3.30. The van der Waals surface area contributed by atoms with Gasteiger partial charge in [0.05, 0.1) is 11.9 Å². The van der Waals surface area contributed by atoms with Crippen LogP contribution in [-0.4, -0.2) is 25.6 Å². The van der Waals surface area contributed by atoms with Crippen LogP contribution in [0.2, 0.25) is 0 Å². The highest BCUT2D eigenvalue weighted by atomic mass is 32.2. The number of carbonyl (C=O) groups excluding carboxylic acids is 1. The van der Waals surface area contributed by atoms with Crippen LogP contribution in [0.15, 0.2) is 35.5 Å². The molecule has 0 radical (unpaired) electrons. The molecule has 0 aliphatic heterocycles. The lowest BCUT2D eigenvalue weighted by Gasteiger charge is -2.17. The number of fused-ring (bicyclic) bond motifs is 2. The van der Waals surface area contributed by atoms with Gasteiger partial charge in [0.15, 0.2) is 14.9 Å². The van der Waals surface area contributed by atoms with Crippen molar-refractivity contribution in [3.8, 4) is 0 Å². The van der Waals surface area contributed by atoms with E-state index in [1.807, 2.05) is 0 Å². The third-order valence-electron chi connectivity index (χ3n) is 4.00. The molecule has 1 amide bonds. The lowest BCUT2D eigenvalue weighted by molar-refractivity contribution is -0.120. The summed E-state index contributed by atoms with van der Waals surface area (Å²) in [6.45, 7) is 0. The molecular formula is C14H16N2O3S. The molecule has 1 saturated carbocycles. The van der Waals surface area contributed by atoms with Crippen molar-refractivity contribution in [1.29, 1.82) is 0 Å². The molecule has 1 aromatic rings. The molecule has 3 rings (SSSR count). The molecule has 6 heteroatoms. The fourth-order valence-corrected chi connectivity index (χ4v) is 3.55. The van der Waals surface area contributed by atoms with Crippen molar-refractivity contribution in [2.75, 3.05) is 11.6 Å². The maximum Gasteiger partial charge on any atom is 0.228 e. The minimum Gasteiger partial charge on any atom is -0.324 e. The minimum atomic E-state index is -3.30. The summed E-state index contributed by atoms with van der Waals surface area (Å²) in [5.74, 6) is 0.917. The lowest BCUT2D eigenvalue weighted by Crippen LogP contribution is -2.26. The average molecular weight is 292 g/mol. The SMILES string of the molecule is CS(=O)(=O)c1ccc(NC(=O)C2CC3C=CC2C3)cn1. The van der Waals surface area contributed by atoms with E-state index in [9.17, 15) is 13.2 Å². The predicted octanol–water partition coefficient (Wildman–Crippen LogP) is 1.64. The van der Waals surface area contributed by atoms with Crippen LogP contribution in [0.4, 0.5) is 5.69 Å². The minimum absolute atomic E-state index is 0.00393. The Hall–Kier alpha value is -1.69. The summed E-state index contributed by atoms with van der Waals surface area (Å²) in [5, 5.41) is 2.83. The Balaban J connectivity index is 1.69. The quantitative estimate of drug-likeness (QED) is 0.859. The van der Waals surface area contributed by atoms with Crippen LogP contribution in [0.25, 0.3) is 0 Å². The van der Waals surface area contributed by atoms with Gasteiger partial charge in [-0.05, 0) is 36.8 Å². The highest BCUT2D eigenvalue weighted by Crippen LogP contribution is 2.43. The first kappa shape index (κ1) is 13.3. The van der Waals surface area contributed by atoms with Crippen LogP contribution < -0.4 is 5.32 Å². The van der Waals surface area contributed by atoms with Gasteiger partial charge in [-0.25, -0.2) is 13.4 Å². The van der Waals surface area contributed by atoms with E-state index in [-0.39, 0.29) is 16.9 Å². The number of pyridine rings is 1. The van der Waals surface area contributed by atoms with Crippen molar-refractivity contribution in [2.24, 2.45) is 17.8 Å². The summed E-state index contributed by atoms with van der Waals surface area (Å²) in [5.41, 5.74) is 0.536. The van der Waals surface area contributed by atoms with Crippen LogP contribution in [-0.2, 0) is 14.6 Å². The summed E-state index contributed by atoms with van der Waals surface area (Å²) in [6.07, 6.45) is 8.79. The standard InChI is InChI=1S/C14H16N2O3S/c1-20(18,19)13-5-4-11(8-15-13)16-14(17)12-7-9-2-3-10(12)6-9/h2-5,8-10,12H,6-7H2,1H3,(H,16,17). The van der Waals surface area contributed by atoms with Crippen LogP contribution in [0, 0.1) is 17.8 Å². The van der Waals surface area contributed by atoms with E-state index in [0.29, 0.717) is 17.5 Å². The molecule has 1 N–H and O–H groups in total. The molecule has 1 aromatic heterocycles. The van der Waals surface area contributed by atoms with Gasteiger partial charge in [-0.15, -0.1) is 0 Å². The molecule has 0 aromatic carbocycles. The van der Waals surface area contributed by atoms with Gasteiger partial charge in [0.25, 0.3) is 0 Å². The Morgan fingerprint density at radius 3 is 2.60 bits per heavy atom. The number of amides is 1. The summed E-state index contributed by atoms with van der Waals surface area (Å²) in [4.78, 5) is 16.1. The molecule has 3 unspecified atom stereocenters. The molecule has 5 nitrogen and oxygen atoms in total. The molecule has 106 valence electrons. The fraction of sp³-hybridized carbons (Fsp3) is 0.429. The topological polar surface area (TPSA) is 76.1 Å². The molecule has 1 heterocycles. The Bertz CT molecular complexity index is 664. The Morgan fingerprint density at radius 1 is 1.30 bits per heavy atom. The van der Waals surface area contributed by atoms with Crippen molar-refractivity contribution in [1.82, 2.24) is 4.98 Å². The molecule has 20 heavy (non-hydrogen) atoms. The van der Waals surface area contributed by atoms with Crippen LogP contribution in [0.1, 0.15) is 12.8 Å². The zero-order valence-electron chi connectivity index (χ0n) is 11.1. The van der Waals surface area contributed by atoms with Gasteiger partial charge in [0, 0.05) is 12.2 Å². The molecule has 3 atom stereocenters. The van der Waals surface area contributed by atoms with E-state index in [1.54, 1.807) is 6.07 Å². The molecule has 2 aliphatic carbocycles. The van der Waals surface area contributed by atoms with Crippen molar-refractivity contribution in [3.05, 3.63) is 30.5 Å². The van der Waals surface area contributed by atoms with E-state index >= 15 is 0 Å². The van der Waals surface area contributed by atoms with Crippen molar-refractivity contribution >= 4 is 21.4 Å². The van der Waals surface area contributed by atoms with Gasteiger partial charge < -0.3 is 5.32 Å². The second-order valence-electron chi connectivity index (χ2n) is 5.53. The van der Waals surface area contributed by atoms with Gasteiger partial charge in [-0.1, -0.05) is 12.2 Å². The maximum atomic E-state index is 12.2. The molecule has 1 fully saturated rings. The summed E-state index contributed by atoms with van der Waals surface area (Å²) >= 11 is 0. The van der Waals surface area contributed by atoms with Crippen molar-refractivity contribution in [2.45, 2.75) is 17.9 Å². The van der Waals surface area contributed by atoms with Gasteiger partial charge >= 0.3 is 0 Å². The summed E-state index contributed by atoms with van der Waals surface area (Å²) in [6, 6.07) is 2.98. The first-order valence-corrected chi connectivity index (χ1v) is 8.48. The number of aromatic nitrogens is 1. The number of hydrogen-bond donors (Lipinski definition) is 1. The second kappa shape index (κ2) is 4.70. The van der Waals surface area contributed by atoms with E-state index < -0.39 is 9.84 Å². The van der Waals surface area contributed by atoms with E-state index in [1.165, 1.54) is 12.3 Å². The summed E-state index contributed by atoms with van der Waals surface area (Å²) < 4.78 is 22.6. The van der Waals surface area contributed by atoms with E-state index in [4.69, 9.17) is 0 Å². The first-order chi connectivity index (χ1) is 9.43. The first-order valence-electron chi connectivity index (χ1n) is 6.59. The molecule has 0 saturated heterocycles. The highest BCUT2D eigenvalue weighted by Gasteiger charge is 2.39. The van der Waals surface area contributed by atoms with E-state index in [0.717, 1.165) is 19.1 Å². The average Bonchev–Trinajstić information content (AvgIpc) is 3.00. The largest absolute Gasteiger partial charge is 0.324 e. The van der Waals surface area contributed by atoms with E-state index in [2.05, 4.69) is 22.5 Å². The van der Waals surface area contributed by atoms with Gasteiger partial charge in [-0.2, -0.15) is 0 Å². The van der Waals surface area contributed by atoms with Crippen molar-refractivity contribution in [3.63, 3.8) is 0 Å². The maximum absolute atomic E-state index is 12.2. The molecular weight excluding hydrogens is 276 g/mol. The number of carbonyl (C=O) groups is 1. The predicted molar refractivity (Wildman–Crippen MR) is 74.8 cm³/mol. The van der Waals surface area contributed by atoms with Gasteiger partial charge in [0.1, 0.15) is 0 Å². The molecule has 2 aliphatic rings. The van der Waals surface area contributed by atoms with Gasteiger partial charge in [-0.3, -0.25) is 4.79 Å². The fourth-order valence-electron chi connectivity index (χ4n) is 2.99. The third kappa shape index (κ3) is 2.47. The van der Waals surface area contributed by atoms with Crippen LogP contribution in [0.3, 0.4) is 0 Å². The lowest BCUT2D eigenvalue weighted by atomic mass is 9.93. The van der Waals surface area contributed by atoms with Gasteiger partial charge in [0.2, 0.25) is 5.91 Å². The number of hydrogen-bond acceptors (Lipinski definition) is 4. The Morgan fingerprint density at radius 2 is 2.10 bits per heavy atom. The number of nitrogens with zero attached hydrogens (tertiary/aromatic N) is 1. The highest BCUT2D eigenvalue weighted by molar-refractivity contribution is 7.90. The van der Waals surface area contributed by atoms with Crippen LogP contribution >= 0.6 is 0 Å². The normalized spacial score (nSPS) is 27.8. The monoisotopic (exact) mass is 292 g/mol. The number of nitrogens with one attached hydrogen (secondary N) is 1. The third-order valence-corrected chi connectivity index (χ3v) is 5.00. The number of rotatable bonds is 3. The van der Waals surface area contributed by atoms with Crippen LogP contribution in [0.5, 0.6) is 0 Å². The molecule has 0 spiro atoms. The number of sulfone groups is 1. The Kier molecular flexibility index (Phi) is 3.12. The number of anilines is 1.